The first-order valence-electron chi connectivity index (χ1n) is 10.1. The molecule has 7 heteroatoms. The van der Waals surface area contributed by atoms with Crippen molar-refractivity contribution in [2.24, 2.45) is 7.05 Å². The molecular weight excluding hydrogens is 372 g/mol. The van der Waals surface area contributed by atoms with Crippen molar-refractivity contribution in [2.45, 2.75) is 57.5 Å². The van der Waals surface area contributed by atoms with Crippen LogP contribution in [0.4, 0.5) is 0 Å². The van der Waals surface area contributed by atoms with Gasteiger partial charge < -0.3 is 9.42 Å². The Morgan fingerprint density at radius 3 is 2.96 bits per heavy atom. The summed E-state index contributed by atoms with van der Waals surface area (Å²) in [6.07, 6.45) is 7.79. The van der Waals surface area contributed by atoms with Crippen molar-refractivity contribution < 1.29 is 9.32 Å². The number of aromatic nitrogens is 3. The highest BCUT2D eigenvalue weighted by atomic mass is 32.1. The maximum absolute atomic E-state index is 13.4. The quantitative estimate of drug-likeness (QED) is 0.648. The van der Waals surface area contributed by atoms with Crippen LogP contribution in [0.3, 0.4) is 0 Å². The Labute approximate surface area is 168 Å². The van der Waals surface area contributed by atoms with Crippen molar-refractivity contribution in [1.82, 2.24) is 19.8 Å². The van der Waals surface area contributed by atoms with E-state index in [1.807, 2.05) is 34.1 Å². The second-order valence-electron chi connectivity index (χ2n) is 7.77. The number of hydrogen-bond donors (Lipinski definition) is 0. The van der Waals surface area contributed by atoms with E-state index in [9.17, 15) is 4.79 Å². The highest BCUT2D eigenvalue weighted by Crippen LogP contribution is 2.31. The first kappa shape index (κ1) is 17.7. The van der Waals surface area contributed by atoms with Crippen LogP contribution in [0.5, 0.6) is 0 Å². The topological polar surface area (TPSA) is 64.2 Å². The zero-order valence-corrected chi connectivity index (χ0v) is 16.9. The number of thiophene rings is 1. The van der Waals surface area contributed by atoms with Crippen LogP contribution < -0.4 is 0 Å². The van der Waals surface area contributed by atoms with Crippen LogP contribution in [-0.2, 0) is 26.4 Å². The van der Waals surface area contributed by atoms with Crippen molar-refractivity contribution in [3.05, 3.63) is 46.2 Å². The van der Waals surface area contributed by atoms with Gasteiger partial charge in [0.15, 0.2) is 11.5 Å². The Balaban J connectivity index is 1.44. The van der Waals surface area contributed by atoms with E-state index in [1.165, 1.54) is 30.5 Å². The standard InChI is InChI=1S/C21H24N4O2S/c1-24-18-9-4-8-15(18)17(22-24)13-25(14-6-2-3-7-14)21(26)16-12-19(27-23-16)20-10-5-11-28-20/h5,10-12,14H,2-4,6-9,13H2,1H3. The largest absolute Gasteiger partial charge is 0.355 e. The van der Waals surface area contributed by atoms with E-state index >= 15 is 0 Å². The van der Waals surface area contributed by atoms with Gasteiger partial charge in [-0.15, -0.1) is 11.3 Å². The van der Waals surface area contributed by atoms with Crippen LogP contribution >= 0.6 is 11.3 Å². The number of carbonyl (C=O) groups excluding carboxylic acids is 1. The Kier molecular flexibility index (Phi) is 4.55. The van der Waals surface area contributed by atoms with Gasteiger partial charge in [0.25, 0.3) is 5.91 Å². The van der Waals surface area contributed by atoms with Gasteiger partial charge in [0.05, 0.1) is 17.1 Å². The lowest BCUT2D eigenvalue weighted by molar-refractivity contribution is 0.0650. The molecule has 3 aromatic rings. The first-order chi connectivity index (χ1) is 13.7. The number of nitrogens with zero attached hydrogens (tertiary/aromatic N) is 4. The maximum Gasteiger partial charge on any atom is 0.276 e. The molecule has 2 aliphatic carbocycles. The molecule has 1 saturated carbocycles. The van der Waals surface area contributed by atoms with Gasteiger partial charge in [-0.3, -0.25) is 9.48 Å². The predicted molar refractivity (Wildman–Crippen MR) is 107 cm³/mol. The molecule has 0 atom stereocenters. The number of aryl methyl sites for hydroxylation is 1. The molecule has 0 spiro atoms. The van der Waals surface area contributed by atoms with Gasteiger partial charge in [-0.1, -0.05) is 24.1 Å². The summed E-state index contributed by atoms with van der Waals surface area (Å²) in [5.41, 5.74) is 4.12. The van der Waals surface area contributed by atoms with Crippen LogP contribution in [0.15, 0.2) is 28.1 Å². The lowest BCUT2D eigenvalue weighted by Crippen LogP contribution is -2.38. The van der Waals surface area contributed by atoms with Gasteiger partial charge in [0.2, 0.25) is 0 Å². The van der Waals surface area contributed by atoms with Crippen LogP contribution in [0.2, 0.25) is 0 Å². The zero-order valence-electron chi connectivity index (χ0n) is 16.1. The molecule has 3 heterocycles. The number of rotatable bonds is 5. The highest BCUT2D eigenvalue weighted by molar-refractivity contribution is 7.13. The van der Waals surface area contributed by atoms with E-state index in [-0.39, 0.29) is 11.9 Å². The lowest BCUT2D eigenvalue weighted by Gasteiger charge is -2.27. The van der Waals surface area contributed by atoms with Crippen molar-refractivity contribution in [3.8, 4) is 10.6 Å². The first-order valence-corrected chi connectivity index (χ1v) is 10.9. The summed E-state index contributed by atoms with van der Waals surface area (Å²) in [7, 11) is 2.01. The fourth-order valence-electron chi connectivity index (χ4n) is 4.63. The van der Waals surface area contributed by atoms with Crippen LogP contribution in [0, 0.1) is 0 Å². The summed E-state index contributed by atoms with van der Waals surface area (Å²) >= 11 is 1.58. The van der Waals surface area contributed by atoms with E-state index in [1.54, 1.807) is 17.4 Å². The molecule has 0 bridgehead atoms. The average Bonchev–Trinajstić information content (AvgIpc) is 3.51. The monoisotopic (exact) mass is 396 g/mol. The van der Waals surface area contributed by atoms with Gasteiger partial charge in [0.1, 0.15) is 0 Å². The summed E-state index contributed by atoms with van der Waals surface area (Å²) in [4.78, 5) is 16.4. The van der Waals surface area contributed by atoms with Gasteiger partial charge in [0, 0.05) is 24.8 Å². The Bertz CT molecular complexity index is 982. The number of amides is 1. The number of hydrogen-bond acceptors (Lipinski definition) is 5. The molecule has 0 aromatic carbocycles. The number of carbonyl (C=O) groups is 1. The fraction of sp³-hybridized carbons (Fsp3) is 0.476. The van der Waals surface area contributed by atoms with E-state index in [2.05, 4.69) is 5.16 Å². The molecule has 28 heavy (non-hydrogen) atoms. The van der Waals surface area contributed by atoms with Crippen molar-refractivity contribution >= 4 is 17.2 Å². The molecule has 0 N–H and O–H groups in total. The Hall–Kier alpha value is -2.41. The minimum absolute atomic E-state index is 0.0455. The van der Waals surface area contributed by atoms with E-state index in [4.69, 9.17) is 9.62 Å². The summed E-state index contributed by atoms with van der Waals surface area (Å²) in [6, 6.07) is 5.98. The lowest BCUT2D eigenvalue weighted by atomic mass is 10.1. The smallest absolute Gasteiger partial charge is 0.276 e. The predicted octanol–water partition coefficient (Wildman–Crippen LogP) is 4.21. The van der Waals surface area contributed by atoms with Gasteiger partial charge in [-0.2, -0.15) is 5.10 Å². The third-order valence-electron chi connectivity index (χ3n) is 6.04. The van der Waals surface area contributed by atoms with E-state index in [0.717, 1.165) is 36.3 Å². The molecule has 2 aliphatic rings. The molecule has 5 rings (SSSR count). The molecular formula is C21H24N4O2S. The summed E-state index contributed by atoms with van der Waals surface area (Å²) in [6.45, 7) is 0.563. The van der Waals surface area contributed by atoms with Crippen molar-refractivity contribution in [1.29, 1.82) is 0 Å². The Morgan fingerprint density at radius 1 is 1.32 bits per heavy atom. The molecule has 6 nitrogen and oxygen atoms in total. The SMILES string of the molecule is Cn1nc(CN(C(=O)c2cc(-c3cccs3)on2)C2CCCC2)c2c1CCC2. The summed E-state index contributed by atoms with van der Waals surface area (Å²) in [5, 5.41) is 10.8. The summed E-state index contributed by atoms with van der Waals surface area (Å²) in [5.74, 6) is 0.610. The molecule has 0 unspecified atom stereocenters. The average molecular weight is 397 g/mol. The second kappa shape index (κ2) is 7.20. The molecule has 0 aliphatic heterocycles. The normalized spacial score (nSPS) is 16.6. The maximum atomic E-state index is 13.4. The second-order valence-corrected chi connectivity index (χ2v) is 8.72. The summed E-state index contributed by atoms with van der Waals surface area (Å²) < 4.78 is 7.46. The van der Waals surface area contributed by atoms with Gasteiger partial charge in [-0.05, 0) is 49.1 Å². The molecule has 1 fully saturated rings. The van der Waals surface area contributed by atoms with E-state index in [0.29, 0.717) is 18.0 Å². The van der Waals surface area contributed by atoms with Crippen LogP contribution in [0.1, 0.15) is 59.5 Å². The number of fused-ring (bicyclic) bond motifs is 1. The third-order valence-corrected chi connectivity index (χ3v) is 6.92. The minimum Gasteiger partial charge on any atom is -0.355 e. The van der Waals surface area contributed by atoms with Crippen LogP contribution in [0.25, 0.3) is 10.6 Å². The minimum atomic E-state index is -0.0455. The molecule has 0 radical (unpaired) electrons. The highest BCUT2D eigenvalue weighted by Gasteiger charge is 2.32. The fourth-order valence-corrected chi connectivity index (χ4v) is 5.30. The van der Waals surface area contributed by atoms with E-state index < -0.39 is 0 Å². The van der Waals surface area contributed by atoms with Crippen molar-refractivity contribution in [3.63, 3.8) is 0 Å². The molecule has 1 amide bonds. The Morgan fingerprint density at radius 2 is 2.18 bits per heavy atom. The van der Waals surface area contributed by atoms with Gasteiger partial charge >= 0.3 is 0 Å². The van der Waals surface area contributed by atoms with Gasteiger partial charge in [-0.25, -0.2) is 0 Å². The van der Waals surface area contributed by atoms with Crippen molar-refractivity contribution in [2.75, 3.05) is 0 Å². The molecule has 3 aromatic heterocycles. The third kappa shape index (κ3) is 3.07. The van der Waals surface area contributed by atoms with Crippen LogP contribution in [-0.4, -0.2) is 31.8 Å². The zero-order chi connectivity index (χ0) is 19.1. The molecule has 146 valence electrons. The molecule has 0 saturated heterocycles.